The van der Waals surface area contributed by atoms with Crippen LogP contribution in [0.3, 0.4) is 0 Å². The van der Waals surface area contributed by atoms with Crippen molar-refractivity contribution in [1.29, 1.82) is 0 Å². The lowest BCUT2D eigenvalue weighted by atomic mass is 10.2. The Labute approximate surface area is 153 Å². The monoisotopic (exact) mass is 413 g/mol. The second kappa shape index (κ2) is 8.62. The van der Waals surface area contributed by atoms with Gasteiger partial charge in [0.15, 0.2) is 0 Å². The molecule has 0 fully saturated rings. The van der Waals surface area contributed by atoms with E-state index in [0.717, 1.165) is 10.2 Å². The lowest BCUT2D eigenvalue weighted by Crippen LogP contribution is -2.22. The molecule has 6 heteroatoms. The number of ether oxygens (including phenoxy) is 1. The molecule has 0 aliphatic carbocycles. The van der Waals surface area contributed by atoms with Gasteiger partial charge >= 0.3 is 0 Å². The SMILES string of the molecule is COc1ccc(Cl)cc1NC(=O)[C@@H](C)SCc1ccc(Br)cc1. The molecule has 2 rings (SSSR count). The second-order valence-corrected chi connectivity index (χ2v) is 7.59. The normalized spacial score (nSPS) is 11.8. The predicted molar refractivity (Wildman–Crippen MR) is 102 cm³/mol. The molecule has 0 aliphatic rings. The summed E-state index contributed by atoms with van der Waals surface area (Å²) in [6.07, 6.45) is 0. The summed E-state index contributed by atoms with van der Waals surface area (Å²) in [6.45, 7) is 1.88. The minimum Gasteiger partial charge on any atom is -0.495 e. The third-order valence-electron chi connectivity index (χ3n) is 3.20. The number of hydrogen-bond donors (Lipinski definition) is 1. The number of nitrogens with one attached hydrogen (secondary N) is 1. The lowest BCUT2D eigenvalue weighted by Gasteiger charge is -2.14. The predicted octanol–water partition coefficient (Wildman–Crippen LogP) is 5.37. The van der Waals surface area contributed by atoms with E-state index in [1.165, 1.54) is 5.56 Å². The van der Waals surface area contributed by atoms with Crippen LogP contribution in [0.2, 0.25) is 5.02 Å². The molecule has 2 aromatic rings. The highest BCUT2D eigenvalue weighted by molar-refractivity contribution is 9.10. The van der Waals surface area contributed by atoms with Crippen LogP contribution in [0.5, 0.6) is 5.75 Å². The number of hydrogen-bond acceptors (Lipinski definition) is 3. The minimum absolute atomic E-state index is 0.0762. The molecule has 1 amide bonds. The molecule has 0 heterocycles. The first-order valence-corrected chi connectivity index (χ1v) is 9.22. The third kappa shape index (κ3) is 5.44. The first-order valence-electron chi connectivity index (χ1n) is 7.00. The van der Waals surface area contributed by atoms with Crippen molar-refractivity contribution in [2.75, 3.05) is 12.4 Å². The average molecular weight is 415 g/mol. The Morgan fingerprint density at radius 3 is 2.65 bits per heavy atom. The largest absolute Gasteiger partial charge is 0.495 e. The molecule has 2 aromatic carbocycles. The van der Waals surface area contributed by atoms with Crippen LogP contribution in [0, 0.1) is 0 Å². The van der Waals surface area contributed by atoms with Crippen LogP contribution in [-0.4, -0.2) is 18.3 Å². The molecule has 0 unspecified atom stereocenters. The van der Waals surface area contributed by atoms with Gasteiger partial charge in [0, 0.05) is 15.2 Å². The van der Waals surface area contributed by atoms with Crippen LogP contribution in [0.4, 0.5) is 5.69 Å². The van der Waals surface area contributed by atoms with Crippen molar-refractivity contribution < 1.29 is 9.53 Å². The van der Waals surface area contributed by atoms with E-state index in [2.05, 4.69) is 21.2 Å². The van der Waals surface area contributed by atoms with Crippen molar-refractivity contribution in [2.24, 2.45) is 0 Å². The molecule has 0 saturated heterocycles. The number of methoxy groups -OCH3 is 1. The summed E-state index contributed by atoms with van der Waals surface area (Å²) in [4.78, 5) is 12.3. The van der Waals surface area contributed by atoms with Gasteiger partial charge in [-0.2, -0.15) is 0 Å². The number of rotatable bonds is 6. The number of benzene rings is 2. The number of halogens is 2. The zero-order chi connectivity index (χ0) is 16.8. The molecule has 1 N–H and O–H groups in total. The fraction of sp³-hybridized carbons (Fsp3) is 0.235. The van der Waals surface area contributed by atoms with Crippen molar-refractivity contribution in [3.8, 4) is 5.75 Å². The Morgan fingerprint density at radius 2 is 2.00 bits per heavy atom. The van der Waals surface area contributed by atoms with E-state index < -0.39 is 0 Å². The fourth-order valence-corrected chi connectivity index (χ4v) is 3.17. The van der Waals surface area contributed by atoms with Crippen molar-refractivity contribution in [3.63, 3.8) is 0 Å². The smallest absolute Gasteiger partial charge is 0.237 e. The second-order valence-electron chi connectivity index (χ2n) is 4.91. The third-order valence-corrected chi connectivity index (χ3v) is 5.18. The topological polar surface area (TPSA) is 38.3 Å². The van der Waals surface area contributed by atoms with E-state index in [0.29, 0.717) is 16.5 Å². The van der Waals surface area contributed by atoms with E-state index in [1.54, 1.807) is 37.1 Å². The maximum Gasteiger partial charge on any atom is 0.237 e. The highest BCUT2D eigenvalue weighted by Gasteiger charge is 2.16. The van der Waals surface area contributed by atoms with Crippen LogP contribution in [0.15, 0.2) is 46.9 Å². The Bertz CT molecular complexity index is 679. The first-order chi connectivity index (χ1) is 11.0. The van der Waals surface area contributed by atoms with E-state index in [9.17, 15) is 4.79 Å². The van der Waals surface area contributed by atoms with Gasteiger partial charge in [-0.25, -0.2) is 0 Å². The molecule has 0 bridgehead atoms. The maximum atomic E-state index is 12.3. The van der Waals surface area contributed by atoms with Gasteiger partial charge in [-0.1, -0.05) is 39.7 Å². The first kappa shape index (κ1) is 18.2. The van der Waals surface area contributed by atoms with Crippen LogP contribution >= 0.6 is 39.3 Å². The van der Waals surface area contributed by atoms with E-state index in [-0.39, 0.29) is 11.2 Å². The lowest BCUT2D eigenvalue weighted by molar-refractivity contribution is -0.115. The molecule has 0 aromatic heterocycles. The molecule has 0 radical (unpaired) electrons. The highest BCUT2D eigenvalue weighted by Crippen LogP contribution is 2.29. The molecule has 3 nitrogen and oxygen atoms in total. The van der Waals surface area contributed by atoms with Gasteiger partial charge in [0.2, 0.25) is 5.91 Å². The molecule has 0 spiro atoms. The van der Waals surface area contributed by atoms with Gasteiger partial charge in [-0.05, 0) is 42.8 Å². The van der Waals surface area contributed by atoms with Crippen LogP contribution < -0.4 is 10.1 Å². The molecular weight excluding hydrogens is 398 g/mol. The number of amides is 1. The summed E-state index contributed by atoms with van der Waals surface area (Å²) >= 11 is 11.0. The zero-order valence-electron chi connectivity index (χ0n) is 12.8. The highest BCUT2D eigenvalue weighted by atomic mass is 79.9. The Kier molecular flexibility index (Phi) is 6.81. The summed E-state index contributed by atoms with van der Waals surface area (Å²) < 4.78 is 6.28. The summed E-state index contributed by atoms with van der Waals surface area (Å²) in [5, 5.41) is 3.23. The van der Waals surface area contributed by atoms with Crippen LogP contribution in [-0.2, 0) is 10.5 Å². The fourth-order valence-electron chi connectivity index (χ4n) is 1.89. The van der Waals surface area contributed by atoms with Crippen molar-refractivity contribution in [3.05, 3.63) is 57.5 Å². The van der Waals surface area contributed by atoms with E-state index in [1.807, 2.05) is 31.2 Å². The zero-order valence-corrected chi connectivity index (χ0v) is 16.0. The van der Waals surface area contributed by atoms with Crippen molar-refractivity contribution in [2.45, 2.75) is 17.9 Å². The number of carbonyl (C=O) groups is 1. The molecule has 0 saturated carbocycles. The Hall–Kier alpha value is -1.17. The Morgan fingerprint density at radius 1 is 1.30 bits per heavy atom. The molecule has 0 aliphatic heterocycles. The Balaban J connectivity index is 1.94. The van der Waals surface area contributed by atoms with Gasteiger partial charge in [-0.3, -0.25) is 4.79 Å². The number of carbonyl (C=O) groups excluding carboxylic acids is 1. The van der Waals surface area contributed by atoms with Gasteiger partial charge in [-0.15, -0.1) is 11.8 Å². The molecule has 122 valence electrons. The molecule has 1 atom stereocenters. The van der Waals surface area contributed by atoms with Crippen molar-refractivity contribution in [1.82, 2.24) is 0 Å². The van der Waals surface area contributed by atoms with Crippen molar-refractivity contribution >= 4 is 50.9 Å². The van der Waals surface area contributed by atoms with E-state index in [4.69, 9.17) is 16.3 Å². The van der Waals surface area contributed by atoms with Gasteiger partial charge in [0.05, 0.1) is 18.0 Å². The molecule has 23 heavy (non-hydrogen) atoms. The molecular formula is C17H17BrClNO2S. The summed E-state index contributed by atoms with van der Waals surface area (Å²) in [7, 11) is 1.56. The number of anilines is 1. The van der Waals surface area contributed by atoms with Gasteiger partial charge in [0.1, 0.15) is 5.75 Å². The average Bonchev–Trinajstić information content (AvgIpc) is 2.54. The number of thioether (sulfide) groups is 1. The quantitative estimate of drug-likeness (QED) is 0.690. The van der Waals surface area contributed by atoms with Crippen LogP contribution in [0.25, 0.3) is 0 Å². The van der Waals surface area contributed by atoms with Gasteiger partial charge in [0.25, 0.3) is 0 Å². The maximum absolute atomic E-state index is 12.3. The minimum atomic E-state index is -0.192. The summed E-state index contributed by atoms with van der Waals surface area (Å²) in [5.41, 5.74) is 1.76. The standard InChI is InChI=1S/C17H17BrClNO2S/c1-11(23-10-12-3-5-13(18)6-4-12)17(21)20-15-9-14(19)7-8-16(15)22-2/h3-9,11H,10H2,1-2H3,(H,20,21)/t11-/m1/s1. The van der Waals surface area contributed by atoms with Crippen LogP contribution in [0.1, 0.15) is 12.5 Å². The summed E-state index contributed by atoms with van der Waals surface area (Å²) in [6, 6.07) is 13.2. The van der Waals surface area contributed by atoms with E-state index >= 15 is 0 Å². The summed E-state index contributed by atoms with van der Waals surface area (Å²) in [5.74, 6) is 1.29. The van der Waals surface area contributed by atoms with Gasteiger partial charge < -0.3 is 10.1 Å².